The fourth-order valence-corrected chi connectivity index (χ4v) is 4.06. The molecule has 0 saturated carbocycles. The molecule has 25 heavy (non-hydrogen) atoms. The molecule has 3 N–H and O–H groups in total. The molecule has 1 aliphatic heterocycles. The number of amides is 1. The van der Waals surface area contributed by atoms with E-state index in [2.05, 4.69) is 28.1 Å². The zero-order valence-electron chi connectivity index (χ0n) is 14.4. The number of thiazole rings is 1. The second-order valence-corrected chi connectivity index (χ2v) is 7.40. The van der Waals surface area contributed by atoms with Crippen LogP contribution in [0.1, 0.15) is 46.9 Å². The Morgan fingerprint density at radius 1 is 1.40 bits per heavy atom. The van der Waals surface area contributed by atoms with Gasteiger partial charge in [0.1, 0.15) is 11.9 Å². The number of carbonyl (C=O) groups excluding carboxylic acids is 1. The Morgan fingerprint density at radius 3 is 2.96 bits per heavy atom. The summed E-state index contributed by atoms with van der Waals surface area (Å²) in [6, 6.07) is 6.05. The van der Waals surface area contributed by atoms with Crippen molar-refractivity contribution in [3.05, 3.63) is 51.2 Å². The monoisotopic (exact) mass is 362 g/mol. The van der Waals surface area contributed by atoms with E-state index in [-0.39, 0.29) is 23.8 Å². The van der Waals surface area contributed by atoms with Crippen LogP contribution in [-0.2, 0) is 17.8 Å². The highest BCUT2D eigenvalue weighted by Gasteiger charge is 2.31. The summed E-state index contributed by atoms with van der Waals surface area (Å²) in [4.78, 5) is 18.0. The summed E-state index contributed by atoms with van der Waals surface area (Å²) < 4.78 is 13.9. The van der Waals surface area contributed by atoms with Crippen LogP contribution in [0.2, 0.25) is 0 Å². The van der Waals surface area contributed by atoms with Crippen molar-refractivity contribution in [2.24, 2.45) is 0 Å². The van der Waals surface area contributed by atoms with Gasteiger partial charge in [-0.15, -0.1) is 11.3 Å². The molecule has 3 rings (SSSR count). The van der Waals surface area contributed by atoms with Crippen molar-refractivity contribution in [1.29, 1.82) is 0 Å². The van der Waals surface area contributed by atoms with Gasteiger partial charge >= 0.3 is 0 Å². The van der Waals surface area contributed by atoms with E-state index in [0.717, 1.165) is 28.4 Å². The normalized spacial score (nSPS) is 20.0. The molecule has 5 nitrogen and oxygen atoms in total. The van der Waals surface area contributed by atoms with Crippen molar-refractivity contribution in [2.75, 3.05) is 0 Å². The van der Waals surface area contributed by atoms with Crippen LogP contribution >= 0.6 is 11.3 Å². The summed E-state index contributed by atoms with van der Waals surface area (Å²) in [6.45, 7) is 4.58. The van der Waals surface area contributed by atoms with E-state index in [0.29, 0.717) is 18.5 Å². The molecule has 1 aromatic carbocycles. The van der Waals surface area contributed by atoms with Crippen molar-refractivity contribution in [2.45, 2.75) is 51.7 Å². The van der Waals surface area contributed by atoms with E-state index in [1.807, 2.05) is 6.92 Å². The van der Waals surface area contributed by atoms with E-state index in [1.54, 1.807) is 29.5 Å². The van der Waals surface area contributed by atoms with Gasteiger partial charge in [0.15, 0.2) is 0 Å². The molecule has 1 aliphatic rings. The molecular weight excluding hydrogens is 339 g/mol. The number of aryl methyl sites for hydroxylation is 2. The van der Waals surface area contributed by atoms with Crippen molar-refractivity contribution in [1.82, 2.24) is 21.2 Å². The SMILES string of the molecule is CCCc1nc(C)c(CNC(=O)C2CC(c3ccccc3F)NN2)s1. The van der Waals surface area contributed by atoms with E-state index < -0.39 is 0 Å². The Labute approximate surface area is 151 Å². The number of hydrogen-bond donors (Lipinski definition) is 3. The highest BCUT2D eigenvalue weighted by Crippen LogP contribution is 2.25. The predicted molar refractivity (Wildman–Crippen MR) is 96.5 cm³/mol. The number of nitrogens with one attached hydrogen (secondary N) is 3. The summed E-state index contributed by atoms with van der Waals surface area (Å²) in [7, 11) is 0. The minimum absolute atomic E-state index is 0.0869. The van der Waals surface area contributed by atoms with E-state index in [1.165, 1.54) is 6.07 Å². The third-order valence-electron chi connectivity index (χ3n) is 4.32. The number of carbonyl (C=O) groups is 1. The van der Waals surface area contributed by atoms with Crippen LogP contribution in [0.4, 0.5) is 4.39 Å². The Balaban J connectivity index is 1.55. The van der Waals surface area contributed by atoms with Gasteiger partial charge in [0, 0.05) is 10.4 Å². The van der Waals surface area contributed by atoms with Crippen molar-refractivity contribution in [3.63, 3.8) is 0 Å². The van der Waals surface area contributed by atoms with E-state index in [9.17, 15) is 9.18 Å². The first-order valence-electron chi connectivity index (χ1n) is 8.56. The van der Waals surface area contributed by atoms with Gasteiger partial charge in [0.25, 0.3) is 0 Å². The average Bonchev–Trinajstić information content (AvgIpc) is 3.21. The molecule has 7 heteroatoms. The molecule has 0 spiro atoms. The molecule has 1 amide bonds. The Kier molecular flexibility index (Phi) is 5.78. The van der Waals surface area contributed by atoms with Gasteiger partial charge in [-0.3, -0.25) is 4.79 Å². The quantitative estimate of drug-likeness (QED) is 0.739. The molecule has 0 radical (unpaired) electrons. The fraction of sp³-hybridized carbons (Fsp3) is 0.444. The molecule has 2 heterocycles. The van der Waals surface area contributed by atoms with Crippen molar-refractivity contribution >= 4 is 17.2 Å². The highest BCUT2D eigenvalue weighted by molar-refractivity contribution is 7.11. The largest absolute Gasteiger partial charge is 0.350 e. The molecule has 2 aromatic rings. The van der Waals surface area contributed by atoms with Gasteiger partial charge in [0.2, 0.25) is 5.91 Å². The van der Waals surface area contributed by atoms with Crippen molar-refractivity contribution in [3.8, 4) is 0 Å². The van der Waals surface area contributed by atoms with Crippen molar-refractivity contribution < 1.29 is 9.18 Å². The standard InChI is InChI=1S/C18H23FN4OS/c1-3-6-17-21-11(2)16(25-17)10-20-18(24)15-9-14(22-23-15)12-7-4-5-8-13(12)19/h4-5,7-8,14-15,22-23H,3,6,9-10H2,1-2H3,(H,20,24). The van der Waals surface area contributed by atoms with E-state index in [4.69, 9.17) is 0 Å². The average molecular weight is 362 g/mol. The summed E-state index contributed by atoms with van der Waals surface area (Å²) in [6.07, 6.45) is 2.54. The smallest absolute Gasteiger partial charge is 0.238 e. The Bertz CT molecular complexity index is 748. The molecule has 0 aliphatic carbocycles. The first-order valence-corrected chi connectivity index (χ1v) is 9.38. The first kappa shape index (κ1) is 18.0. The van der Waals surface area contributed by atoms with Crippen LogP contribution < -0.4 is 16.2 Å². The molecule has 1 saturated heterocycles. The minimum Gasteiger partial charge on any atom is -0.350 e. The topological polar surface area (TPSA) is 66.0 Å². The zero-order valence-corrected chi connectivity index (χ0v) is 15.3. The number of nitrogens with zero attached hydrogens (tertiary/aromatic N) is 1. The summed E-state index contributed by atoms with van der Waals surface area (Å²) in [5, 5.41) is 4.07. The number of rotatable bonds is 6. The molecule has 0 bridgehead atoms. The highest BCUT2D eigenvalue weighted by atomic mass is 32.1. The van der Waals surface area contributed by atoms with Gasteiger partial charge in [-0.05, 0) is 32.3 Å². The molecular formula is C18H23FN4OS. The lowest BCUT2D eigenvalue weighted by molar-refractivity contribution is -0.123. The third kappa shape index (κ3) is 4.23. The third-order valence-corrected chi connectivity index (χ3v) is 5.54. The van der Waals surface area contributed by atoms with Crippen LogP contribution in [0, 0.1) is 12.7 Å². The molecule has 2 unspecified atom stereocenters. The van der Waals surface area contributed by atoms with Gasteiger partial charge < -0.3 is 5.32 Å². The lowest BCUT2D eigenvalue weighted by atomic mass is 10.0. The van der Waals surface area contributed by atoms with E-state index >= 15 is 0 Å². The molecule has 2 atom stereocenters. The lowest BCUT2D eigenvalue weighted by Crippen LogP contribution is -2.42. The van der Waals surface area contributed by atoms with Crippen LogP contribution in [0.5, 0.6) is 0 Å². The van der Waals surface area contributed by atoms with Crippen LogP contribution in [0.25, 0.3) is 0 Å². The van der Waals surface area contributed by atoms with Gasteiger partial charge in [-0.25, -0.2) is 20.2 Å². The lowest BCUT2D eigenvalue weighted by Gasteiger charge is -2.11. The minimum atomic E-state index is -0.382. The molecule has 1 aromatic heterocycles. The summed E-state index contributed by atoms with van der Waals surface area (Å²) >= 11 is 1.66. The number of hydrazine groups is 1. The fourth-order valence-electron chi connectivity index (χ4n) is 2.95. The van der Waals surface area contributed by atoms with Crippen LogP contribution in [0.3, 0.4) is 0 Å². The first-order chi connectivity index (χ1) is 12.1. The molecule has 1 fully saturated rings. The number of hydrogen-bond acceptors (Lipinski definition) is 5. The van der Waals surface area contributed by atoms with Gasteiger partial charge in [-0.1, -0.05) is 25.1 Å². The second kappa shape index (κ2) is 8.03. The Morgan fingerprint density at radius 2 is 2.20 bits per heavy atom. The van der Waals surface area contributed by atoms with Gasteiger partial charge in [-0.2, -0.15) is 0 Å². The maximum atomic E-state index is 13.9. The van der Waals surface area contributed by atoms with Crippen LogP contribution in [0.15, 0.2) is 24.3 Å². The maximum absolute atomic E-state index is 13.9. The van der Waals surface area contributed by atoms with Gasteiger partial charge in [0.05, 0.1) is 23.3 Å². The zero-order chi connectivity index (χ0) is 17.8. The van der Waals surface area contributed by atoms with Crippen LogP contribution in [-0.4, -0.2) is 16.9 Å². The maximum Gasteiger partial charge on any atom is 0.238 e. The number of halogens is 1. The summed E-state index contributed by atoms with van der Waals surface area (Å²) in [5.74, 6) is -0.345. The number of aromatic nitrogens is 1. The summed E-state index contributed by atoms with van der Waals surface area (Å²) in [5.41, 5.74) is 7.54. The number of benzene rings is 1. The predicted octanol–water partition coefficient (Wildman–Crippen LogP) is 2.77. The molecule has 134 valence electrons. The second-order valence-electron chi connectivity index (χ2n) is 6.24. The Hall–Kier alpha value is -1.83.